The molecule has 0 radical (unpaired) electrons. The first kappa shape index (κ1) is 15.4. The Balaban J connectivity index is 1.39. The number of imidazole rings is 1. The number of oxazole rings is 1. The Kier molecular flexibility index (Phi) is 3.81. The Morgan fingerprint density at radius 3 is 3.00 bits per heavy atom. The quantitative estimate of drug-likeness (QED) is 0.599. The van der Waals surface area contributed by atoms with Crippen LogP contribution in [-0.2, 0) is 6.42 Å². The highest BCUT2D eigenvalue weighted by Gasteiger charge is 2.16. The van der Waals surface area contributed by atoms with Gasteiger partial charge in [0, 0.05) is 18.7 Å². The van der Waals surface area contributed by atoms with E-state index in [2.05, 4.69) is 32.5 Å². The van der Waals surface area contributed by atoms with Crippen LogP contribution in [0.4, 0.5) is 6.01 Å². The molecule has 0 bridgehead atoms. The molecule has 0 unspecified atom stereocenters. The first-order valence-corrected chi connectivity index (χ1v) is 9.29. The van der Waals surface area contributed by atoms with Crippen LogP contribution in [0.5, 0.6) is 0 Å². The van der Waals surface area contributed by atoms with Crippen LogP contribution in [0.3, 0.4) is 0 Å². The Morgan fingerprint density at radius 2 is 2.08 bits per heavy atom. The van der Waals surface area contributed by atoms with Crippen LogP contribution in [0, 0.1) is 0 Å². The maximum absolute atomic E-state index is 5.96. The molecule has 1 saturated carbocycles. The number of fused-ring (bicyclic) bond motifs is 2. The fourth-order valence-electron chi connectivity index (χ4n) is 3.77. The van der Waals surface area contributed by atoms with E-state index in [1.165, 1.54) is 32.1 Å². The Hall–Kier alpha value is -2.89. The van der Waals surface area contributed by atoms with Crippen LogP contribution in [0.2, 0.25) is 0 Å². The second-order valence-corrected chi connectivity index (χ2v) is 7.02. The lowest BCUT2D eigenvalue weighted by atomic mass is 9.96. The molecule has 0 amide bonds. The van der Waals surface area contributed by atoms with Crippen molar-refractivity contribution in [1.29, 1.82) is 0 Å². The average molecular weight is 347 g/mol. The van der Waals surface area contributed by atoms with E-state index in [0.29, 0.717) is 12.1 Å². The number of hydrogen-bond acceptors (Lipinski definition) is 5. The summed E-state index contributed by atoms with van der Waals surface area (Å²) in [5, 5.41) is 7.83. The molecule has 0 spiro atoms. The molecule has 3 aromatic heterocycles. The van der Waals surface area contributed by atoms with Crippen LogP contribution in [-0.4, -0.2) is 25.6 Å². The zero-order valence-electron chi connectivity index (χ0n) is 14.6. The Labute approximate surface area is 151 Å². The molecule has 1 aliphatic rings. The van der Waals surface area contributed by atoms with Crippen molar-refractivity contribution in [2.45, 2.75) is 44.6 Å². The monoisotopic (exact) mass is 347 g/mol. The van der Waals surface area contributed by atoms with E-state index in [1.807, 2.05) is 28.9 Å². The van der Waals surface area contributed by atoms with Crippen molar-refractivity contribution in [2.24, 2.45) is 0 Å². The molecule has 26 heavy (non-hydrogen) atoms. The number of nitrogens with one attached hydrogen (secondary N) is 1. The number of aromatic nitrogens is 4. The number of rotatable bonds is 4. The second-order valence-electron chi connectivity index (χ2n) is 7.02. The van der Waals surface area contributed by atoms with Crippen molar-refractivity contribution in [3.63, 3.8) is 0 Å². The molecule has 3 heterocycles. The summed E-state index contributed by atoms with van der Waals surface area (Å²) in [7, 11) is 0. The molecule has 132 valence electrons. The van der Waals surface area contributed by atoms with Gasteiger partial charge in [0.2, 0.25) is 0 Å². The summed E-state index contributed by atoms with van der Waals surface area (Å²) in [6.45, 7) is 0. The zero-order chi connectivity index (χ0) is 17.3. The van der Waals surface area contributed by atoms with Crippen LogP contribution in [0.1, 0.15) is 43.4 Å². The van der Waals surface area contributed by atoms with Gasteiger partial charge in [0.05, 0.1) is 11.9 Å². The second kappa shape index (κ2) is 6.44. The Morgan fingerprint density at radius 1 is 1.15 bits per heavy atom. The van der Waals surface area contributed by atoms with Gasteiger partial charge in [-0.05, 0) is 42.7 Å². The minimum atomic E-state index is 0.487. The van der Waals surface area contributed by atoms with E-state index in [1.54, 1.807) is 6.20 Å². The van der Waals surface area contributed by atoms with Crippen LogP contribution in [0.15, 0.2) is 47.1 Å². The molecule has 6 nitrogen and oxygen atoms in total. The molecule has 1 aromatic carbocycles. The van der Waals surface area contributed by atoms with Crippen LogP contribution >= 0.6 is 0 Å². The molecule has 1 fully saturated rings. The lowest BCUT2D eigenvalue weighted by Crippen LogP contribution is -2.22. The largest absolute Gasteiger partial charge is 0.424 e. The molecule has 1 N–H and O–H groups in total. The van der Waals surface area contributed by atoms with Gasteiger partial charge >= 0.3 is 0 Å². The molecule has 4 aromatic rings. The van der Waals surface area contributed by atoms with E-state index in [0.717, 1.165) is 34.4 Å². The van der Waals surface area contributed by atoms with Gasteiger partial charge in [-0.2, -0.15) is 10.1 Å². The van der Waals surface area contributed by atoms with Gasteiger partial charge in [-0.3, -0.25) is 0 Å². The highest BCUT2D eigenvalue weighted by molar-refractivity contribution is 5.75. The lowest BCUT2D eigenvalue weighted by molar-refractivity contribution is 0.451. The van der Waals surface area contributed by atoms with Crippen molar-refractivity contribution in [3.05, 3.63) is 54.0 Å². The standard InChI is InChI=1S/C20H21N5O/c1-2-5-15(6-3-1)23-20-24-17-9-8-14(12-18(17)26-20)11-16-13-21-19-7-4-10-22-25(16)19/h4,7-10,12-13,15H,1-3,5-6,11H2,(H,23,24). The van der Waals surface area contributed by atoms with Gasteiger partial charge < -0.3 is 9.73 Å². The van der Waals surface area contributed by atoms with Crippen molar-refractivity contribution in [2.75, 3.05) is 5.32 Å². The number of hydrogen-bond donors (Lipinski definition) is 1. The van der Waals surface area contributed by atoms with Crippen molar-refractivity contribution in [1.82, 2.24) is 19.6 Å². The summed E-state index contributed by atoms with van der Waals surface area (Å²) >= 11 is 0. The maximum atomic E-state index is 5.96. The van der Waals surface area contributed by atoms with E-state index >= 15 is 0 Å². The molecular formula is C20H21N5O. The van der Waals surface area contributed by atoms with Gasteiger partial charge in [0.15, 0.2) is 11.2 Å². The van der Waals surface area contributed by atoms with Gasteiger partial charge in [-0.1, -0.05) is 25.3 Å². The fraction of sp³-hybridized carbons (Fsp3) is 0.350. The summed E-state index contributed by atoms with van der Waals surface area (Å²) in [5.41, 5.74) is 4.79. The van der Waals surface area contributed by atoms with E-state index in [-0.39, 0.29) is 0 Å². The van der Waals surface area contributed by atoms with Gasteiger partial charge in [0.1, 0.15) is 5.52 Å². The number of nitrogens with zero attached hydrogens (tertiary/aromatic N) is 4. The third-order valence-corrected chi connectivity index (χ3v) is 5.12. The zero-order valence-corrected chi connectivity index (χ0v) is 14.6. The third-order valence-electron chi connectivity index (χ3n) is 5.12. The van der Waals surface area contributed by atoms with Gasteiger partial charge in [-0.25, -0.2) is 9.50 Å². The van der Waals surface area contributed by atoms with Gasteiger partial charge in [-0.15, -0.1) is 0 Å². The SMILES string of the molecule is c1cnn2c(Cc3ccc4nc(NC5CCCCC5)oc4c3)cnc2c1. The molecule has 5 rings (SSSR count). The first-order valence-electron chi connectivity index (χ1n) is 9.29. The lowest BCUT2D eigenvalue weighted by Gasteiger charge is -2.21. The summed E-state index contributed by atoms with van der Waals surface area (Å²) in [4.78, 5) is 8.99. The van der Waals surface area contributed by atoms with Crippen molar-refractivity contribution in [3.8, 4) is 0 Å². The predicted octanol–water partition coefficient (Wildman–Crippen LogP) is 4.21. The first-order chi connectivity index (χ1) is 12.8. The Bertz CT molecular complexity index is 1040. The number of benzene rings is 1. The highest BCUT2D eigenvalue weighted by Crippen LogP contribution is 2.25. The molecule has 6 heteroatoms. The predicted molar refractivity (Wildman–Crippen MR) is 100 cm³/mol. The normalized spacial score (nSPS) is 15.7. The average Bonchev–Trinajstić information content (AvgIpc) is 3.26. The molecule has 0 aliphatic heterocycles. The topological polar surface area (TPSA) is 68.2 Å². The molecular weight excluding hydrogens is 326 g/mol. The maximum Gasteiger partial charge on any atom is 0.295 e. The van der Waals surface area contributed by atoms with E-state index in [9.17, 15) is 0 Å². The highest BCUT2D eigenvalue weighted by atomic mass is 16.4. The minimum Gasteiger partial charge on any atom is -0.424 e. The van der Waals surface area contributed by atoms with Crippen LogP contribution in [0.25, 0.3) is 16.7 Å². The minimum absolute atomic E-state index is 0.487. The summed E-state index contributed by atoms with van der Waals surface area (Å²) in [6.07, 6.45) is 10.7. The summed E-state index contributed by atoms with van der Waals surface area (Å²) < 4.78 is 7.83. The summed E-state index contributed by atoms with van der Waals surface area (Å²) in [5.74, 6) is 0. The van der Waals surface area contributed by atoms with Crippen molar-refractivity contribution < 1.29 is 4.42 Å². The molecule has 0 saturated heterocycles. The van der Waals surface area contributed by atoms with E-state index < -0.39 is 0 Å². The van der Waals surface area contributed by atoms with Gasteiger partial charge in [0.25, 0.3) is 6.01 Å². The molecule has 1 aliphatic carbocycles. The van der Waals surface area contributed by atoms with Crippen LogP contribution < -0.4 is 5.32 Å². The smallest absolute Gasteiger partial charge is 0.295 e. The van der Waals surface area contributed by atoms with Crippen molar-refractivity contribution >= 4 is 22.8 Å². The third kappa shape index (κ3) is 2.92. The summed E-state index contributed by atoms with van der Waals surface area (Å²) in [6, 6.07) is 11.2. The van der Waals surface area contributed by atoms with E-state index in [4.69, 9.17) is 4.42 Å². The fourth-order valence-corrected chi connectivity index (χ4v) is 3.77. The number of anilines is 1. The molecule has 0 atom stereocenters.